The summed E-state index contributed by atoms with van der Waals surface area (Å²) in [6.45, 7) is 4.64. The van der Waals surface area contributed by atoms with Crippen LogP contribution in [0.5, 0.6) is 0 Å². The minimum Gasteiger partial charge on any atom is -0.353 e. The van der Waals surface area contributed by atoms with Gasteiger partial charge in [-0.25, -0.2) is 0 Å². The fourth-order valence-corrected chi connectivity index (χ4v) is 2.60. The molecule has 0 radical (unpaired) electrons. The van der Waals surface area contributed by atoms with Crippen LogP contribution in [0.15, 0.2) is 30.3 Å². The van der Waals surface area contributed by atoms with Gasteiger partial charge in [-0.3, -0.25) is 4.79 Å². The number of hydrogen-bond acceptors (Lipinski definition) is 3. The molecule has 0 aromatic heterocycles. The molecule has 1 aromatic rings. The normalized spacial score (nSPS) is 13.1. The molecule has 0 spiro atoms. The van der Waals surface area contributed by atoms with Crippen molar-refractivity contribution in [3.05, 3.63) is 35.9 Å². The molecule has 106 valence electrons. The van der Waals surface area contributed by atoms with E-state index in [1.54, 1.807) is 11.8 Å². The van der Waals surface area contributed by atoms with E-state index in [1.165, 1.54) is 0 Å². The third kappa shape index (κ3) is 4.55. The molecular weight excluding hydrogens is 256 g/mol. The van der Waals surface area contributed by atoms with Crippen molar-refractivity contribution in [2.24, 2.45) is 5.73 Å². The Balaban J connectivity index is 2.66. The van der Waals surface area contributed by atoms with Crippen molar-refractivity contribution in [2.45, 2.75) is 37.5 Å². The van der Waals surface area contributed by atoms with E-state index in [4.69, 9.17) is 5.73 Å². The highest BCUT2D eigenvalue weighted by molar-refractivity contribution is 7.99. The lowest BCUT2D eigenvalue weighted by Gasteiger charge is -2.27. The highest BCUT2D eigenvalue weighted by Crippen LogP contribution is 2.26. The first-order chi connectivity index (χ1) is 9.06. The van der Waals surface area contributed by atoms with Gasteiger partial charge in [0.05, 0.1) is 0 Å². The van der Waals surface area contributed by atoms with Crippen molar-refractivity contribution in [2.75, 3.05) is 12.8 Å². The smallest absolute Gasteiger partial charge is 0.237 e. The summed E-state index contributed by atoms with van der Waals surface area (Å²) in [7, 11) is 0. The number of thioether (sulfide) groups is 1. The summed E-state index contributed by atoms with van der Waals surface area (Å²) in [6, 6.07) is 9.83. The molecule has 19 heavy (non-hydrogen) atoms. The molecular formula is C15H24N2OS. The van der Waals surface area contributed by atoms with E-state index in [0.29, 0.717) is 6.54 Å². The van der Waals surface area contributed by atoms with E-state index in [-0.39, 0.29) is 16.7 Å². The summed E-state index contributed by atoms with van der Waals surface area (Å²) in [5.41, 5.74) is 6.94. The lowest BCUT2D eigenvalue weighted by Crippen LogP contribution is -2.49. The fourth-order valence-electron chi connectivity index (χ4n) is 1.88. The third-order valence-corrected chi connectivity index (χ3v) is 4.56. The second-order valence-corrected chi connectivity index (χ2v) is 5.76. The van der Waals surface area contributed by atoms with Crippen LogP contribution < -0.4 is 11.1 Å². The number of hydrogen-bond donors (Lipinski definition) is 2. The average molecular weight is 280 g/mol. The predicted octanol–water partition coefficient (Wildman–Crippen LogP) is 2.72. The van der Waals surface area contributed by atoms with Crippen LogP contribution in [0, 0.1) is 0 Å². The molecule has 0 aliphatic carbocycles. The molecule has 0 aliphatic rings. The van der Waals surface area contributed by atoms with Gasteiger partial charge in [-0.2, -0.15) is 0 Å². The van der Waals surface area contributed by atoms with Crippen LogP contribution in [0.3, 0.4) is 0 Å². The number of benzene rings is 1. The molecule has 0 saturated carbocycles. The standard InChI is InChI=1S/C15H24N2OS/c1-4-15(16,5-2)11-17-14(18)13(19-3)12-9-7-6-8-10-12/h6-10,13H,4-5,11,16H2,1-3H3,(H,17,18). The van der Waals surface area contributed by atoms with Crippen LogP contribution >= 0.6 is 11.8 Å². The number of amides is 1. The number of carbonyl (C=O) groups excluding carboxylic acids is 1. The van der Waals surface area contributed by atoms with Gasteiger partial charge in [0, 0.05) is 12.1 Å². The zero-order chi connectivity index (χ0) is 14.3. The summed E-state index contributed by atoms with van der Waals surface area (Å²) in [4.78, 5) is 12.3. The first kappa shape index (κ1) is 16.1. The minimum absolute atomic E-state index is 0.0374. The number of carbonyl (C=O) groups is 1. The third-order valence-electron chi connectivity index (χ3n) is 3.60. The molecule has 1 atom stereocenters. The monoisotopic (exact) mass is 280 g/mol. The molecule has 0 saturated heterocycles. The molecule has 0 aliphatic heterocycles. The van der Waals surface area contributed by atoms with Crippen LogP contribution in [0.25, 0.3) is 0 Å². The maximum atomic E-state index is 12.3. The topological polar surface area (TPSA) is 55.1 Å². The zero-order valence-corrected chi connectivity index (χ0v) is 12.8. The number of nitrogens with two attached hydrogens (primary N) is 1. The van der Waals surface area contributed by atoms with Gasteiger partial charge in [0.2, 0.25) is 5.91 Å². The Morgan fingerprint density at radius 1 is 1.32 bits per heavy atom. The summed E-state index contributed by atoms with van der Waals surface area (Å²) in [5.74, 6) is 0.0374. The largest absolute Gasteiger partial charge is 0.353 e. The predicted molar refractivity (Wildman–Crippen MR) is 83.2 cm³/mol. The Morgan fingerprint density at radius 3 is 2.37 bits per heavy atom. The van der Waals surface area contributed by atoms with Crippen LogP contribution in [0.1, 0.15) is 37.5 Å². The molecule has 4 heteroatoms. The molecule has 1 amide bonds. The van der Waals surface area contributed by atoms with Crippen molar-refractivity contribution in [1.29, 1.82) is 0 Å². The van der Waals surface area contributed by atoms with E-state index in [9.17, 15) is 4.79 Å². The Kier molecular flexibility index (Phi) is 6.38. The highest BCUT2D eigenvalue weighted by Gasteiger charge is 2.24. The molecule has 3 N–H and O–H groups in total. The van der Waals surface area contributed by atoms with E-state index < -0.39 is 0 Å². The summed E-state index contributed by atoms with van der Waals surface area (Å²) >= 11 is 1.54. The van der Waals surface area contributed by atoms with Crippen LogP contribution in [-0.2, 0) is 4.79 Å². The fraction of sp³-hybridized carbons (Fsp3) is 0.533. The van der Waals surface area contributed by atoms with Gasteiger partial charge in [-0.05, 0) is 24.7 Å². The minimum atomic E-state index is -0.296. The summed E-state index contributed by atoms with van der Waals surface area (Å²) < 4.78 is 0. The van der Waals surface area contributed by atoms with Crippen molar-refractivity contribution >= 4 is 17.7 Å². The van der Waals surface area contributed by atoms with Gasteiger partial charge in [-0.1, -0.05) is 44.2 Å². The van der Waals surface area contributed by atoms with Gasteiger partial charge in [0.15, 0.2) is 0 Å². The average Bonchev–Trinajstić information content (AvgIpc) is 2.46. The van der Waals surface area contributed by atoms with Gasteiger partial charge in [0.25, 0.3) is 0 Å². The van der Waals surface area contributed by atoms with Crippen molar-refractivity contribution in [3.8, 4) is 0 Å². The lowest BCUT2D eigenvalue weighted by molar-refractivity contribution is -0.120. The molecule has 0 fully saturated rings. The molecule has 1 unspecified atom stereocenters. The Bertz CT molecular complexity index is 390. The second-order valence-electron chi connectivity index (χ2n) is 4.81. The quantitative estimate of drug-likeness (QED) is 0.807. The van der Waals surface area contributed by atoms with Crippen LogP contribution in [0.2, 0.25) is 0 Å². The summed E-state index contributed by atoms with van der Waals surface area (Å²) in [6.07, 6.45) is 3.67. The van der Waals surface area contributed by atoms with Crippen LogP contribution in [0.4, 0.5) is 0 Å². The number of nitrogens with one attached hydrogen (secondary N) is 1. The van der Waals surface area contributed by atoms with Crippen molar-refractivity contribution in [3.63, 3.8) is 0 Å². The molecule has 1 aromatic carbocycles. The van der Waals surface area contributed by atoms with Gasteiger partial charge >= 0.3 is 0 Å². The highest BCUT2D eigenvalue weighted by atomic mass is 32.2. The zero-order valence-electron chi connectivity index (χ0n) is 12.0. The van der Waals surface area contributed by atoms with E-state index in [1.807, 2.05) is 36.6 Å². The Labute approximate surface area is 120 Å². The summed E-state index contributed by atoms with van der Waals surface area (Å²) in [5, 5.41) is 2.82. The molecule has 3 nitrogen and oxygen atoms in total. The van der Waals surface area contributed by atoms with Gasteiger partial charge in [-0.15, -0.1) is 11.8 Å². The SMILES string of the molecule is CCC(N)(CC)CNC(=O)C(SC)c1ccccc1. The van der Waals surface area contributed by atoms with E-state index in [0.717, 1.165) is 18.4 Å². The number of rotatable bonds is 7. The molecule has 1 rings (SSSR count). The van der Waals surface area contributed by atoms with Crippen molar-refractivity contribution < 1.29 is 4.79 Å². The van der Waals surface area contributed by atoms with Crippen LogP contribution in [-0.4, -0.2) is 24.2 Å². The molecule has 0 bridgehead atoms. The lowest BCUT2D eigenvalue weighted by atomic mass is 9.94. The van der Waals surface area contributed by atoms with Gasteiger partial charge in [0.1, 0.15) is 5.25 Å². The Hall–Kier alpha value is -1.00. The Morgan fingerprint density at radius 2 is 1.89 bits per heavy atom. The first-order valence-corrected chi connectivity index (χ1v) is 7.99. The second kappa shape index (κ2) is 7.56. The van der Waals surface area contributed by atoms with Crippen molar-refractivity contribution in [1.82, 2.24) is 5.32 Å². The maximum absolute atomic E-state index is 12.3. The van der Waals surface area contributed by atoms with E-state index in [2.05, 4.69) is 19.2 Å². The van der Waals surface area contributed by atoms with E-state index >= 15 is 0 Å². The first-order valence-electron chi connectivity index (χ1n) is 6.70. The maximum Gasteiger partial charge on any atom is 0.237 e. The van der Waals surface area contributed by atoms with Gasteiger partial charge < -0.3 is 11.1 Å². The molecule has 0 heterocycles.